The number of amides is 2. The second-order valence-corrected chi connectivity index (χ2v) is 7.56. The van der Waals surface area contributed by atoms with Crippen LogP contribution in [-0.4, -0.2) is 37.8 Å². The predicted molar refractivity (Wildman–Crippen MR) is 79.9 cm³/mol. The Morgan fingerprint density at radius 1 is 1.19 bits per heavy atom. The van der Waals surface area contributed by atoms with Crippen LogP contribution < -0.4 is 10.6 Å². The van der Waals surface area contributed by atoms with Gasteiger partial charge >= 0.3 is 0 Å². The van der Waals surface area contributed by atoms with Crippen molar-refractivity contribution in [2.75, 3.05) is 16.8 Å². The van der Waals surface area contributed by atoms with Crippen molar-refractivity contribution in [3.05, 3.63) is 29.3 Å². The van der Waals surface area contributed by atoms with E-state index in [2.05, 4.69) is 10.6 Å². The van der Waals surface area contributed by atoms with Gasteiger partial charge in [-0.05, 0) is 30.7 Å². The fraction of sp³-hybridized carbons (Fsp3) is 0.385. The first kappa shape index (κ1) is 15.8. The summed E-state index contributed by atoms with van der Waals surface area (Å²) >= 11 is 5.72. The van der Waals surface area contributed by atoms with Gasteiger partial charge in [0, 0.05) is 16.8 Å². The Morgan fingerprint density at radius 2 is 1.86 bits per heavy atom. The second kappa shape index (κ2) is 6.44. The predicted octanol–water partition coefficient (Wildman–Crippen LogP) is 0.972. The number of carbonyl (C=O) groups is 2. The van der Waals surface area contributed by atoms with Gasteiger partial charge in [-0.1, -0.05) is 11.6 Å². The minimum Gasteiger partial charge on any atom is -0.352 e. The van der Waals surface area contributed by atoms with Crippen molar-refractivity contribution in [3.8, 4) is 0 Å². The third kappa shape index (κ3) is 5.02. The van der Waals surface area contributed by atoms with Crippen molar-refractivity contribution in [1.29, 1.82) is 0 Å². The van der Waals surface area contributed by atoms with Gasteiger partial charge in [0.1, 0.15) is 6.42 Å². The van der Waals surface area contributed by atoms with Gasteiger partial charge in [0.05, 0.1) is 11.5 Å². The van der Waals surface area contributed by atoms with E-state index in [1.807, 2.05) is 0 Å². The summed E-state index contributed by atoms with van der Waals surface area (Å²) in [4.78, 5) is 23.4. The zero-order chi connectivity index (χ0) is 15.5. The molecule has 0 radical (unpaired) electrons. The van der Waals surface area contributed by atoms with E-state index in [0.717, 1.165) is 0 Å². The van der Waals surface area contributed by atoms with Crippen LogP contribution in [0, 0.1) is 0 Å². The number of benzene rings is 1. The molecule has 114 valence electrons. The van der Waals surface area contributed by atoms with Crippen LogP contribution in [0.3, 0.4) is 0 Å². The summed E-state index contributed by atoms with van der Waals surface area (Å²) < 4.78 is 22.5. The molecule has 2 rings (SSSR count). The molecule has 1 saturated heterocycles. The molecule has 2 N–H and O–H groups in total. The average Bonchev–Trinajstić information content (AvgIpc) is 2.71. The van der Waals surface area contributed by atoms with E-state index in [9.17, 15) is 18.0 Å². The molecule has 2 amide bonds. The van der Waals surface area contributed by atoms with Crippen molar-refractivity contribution < 1.29 is 18.0 Å². The third-order valence-corrected chi connectivity index (χ3v) is 5.07. The van der Waals surface area contributed by atoms with Crippen molar-refractivity contribution in [2.45, 2.75) is 18.9 Å². The normalized spacial score (nSPS) is 20.0. The molecule has 1 aromatic rings. The summed E-state index contributed by atoms with van der Waals surface area (Å²) in [6.45, 7) is 0. The van der Waals surface area contributed by atoms with Crippen LogP contribution in [0.2, 0.25) is 5.02 Å². The van der Waals surface area contributed by atoms with Crippen molar-refractivity contribution in [1.82, 2.24) is 5.32 Å². The molecule has 0 saturated carbocycles. The van der Waals surface area contributed by atoms with E-state index in [-0.39, 0.29) is 17.9 Å². The smallest absolute Gasteiger partial charge is 0.233 e. The van der Waals surface area contributed by atoms with Crippen LogP contribution in [0.5, 0.6) is 0 Å². The topological polar surface area (TPSA) is 92.3 Å². The molecule has 1 aromatic carbocycles. The van der Waals surface area contributed by atoms with Gasteiger partial charge in [-0.15, -0.1) is 0 Å². The van der Waals surface area contributed by atoms with Gasteiger partial charge in [0.15, 0.2) is 9.84 Å². The maximum Gasteiger partial charge on any atom is 0.233 e. The summed E-state index contributed by atoms with van der Waals surface area (Å²) in [5.74, 6) is -0.925. The maximum atomic E-state index is 11.7. The Kier molecular flexibility index (Phi) is 4.84. The van der Waals surface area contributed by atoms with Gasteiger partial charge in [0.25, 0.3) is 0 Å². The summed E-state index contributed by atoms with van der Waals surface area (Å²) in [6, 6.07) is 6.11. The fourth-order valence-corrected chi connectivity index (χ4v) is 3.87. The highest BCUT2D eigenvalue weighted by molar-refractivity contribution is 7.91. The molecule has 0 aliphatic carbocycles. The van der Waals surface area contributed by atoms with Crippen LogP contribution in [0.4, 0.5) is 5.69 Å². The van der Waals surface area contributed by atoms with Crippen LogP contribution in [0.1, 0.15) is 12.8 Å². The van der Waals surface area contributed by atoms with E-state index in [4.69, 9.17) is 11.6 Å². The van der Waals surface area contributed by atoms with Crippen LogP contribution in [0.25, 0.3) is 0 Å². The molecule has 1 fully saturated rings. The van der Waals surface area contributed by atoms with E-state index in [1.54, 1.807) is 24.3 Å². The van der Waals surface area contributed by atoms with Gasteiger partial charge in [-0.3, -0.25) is 9.59 Å². The summed E-state index contributed by atoms with van der Waals surface area (Å²) in [7, 11) is -3.05. The van der Waals surface area contributed by atoms with Crippen LogP contribution >= 0.6 is 11.6 Å². The molecule has 1 heterocycles. The molecule has 1 atom stereocenters. The highest BCUT2D eigenvalue weighted by Crippen LogP contribution is 2.14. The van der Waals surface area contributed by atoms with E-state index >= 15 is 0 Å². The van der Waals surface area contributed by atoms with Crippen LogP contribution in [-0.2, 0) is 19.4 Å². The first-order chi connectivity index (χ1) is 9.84. The van der Waals surface area contributed by atoms with Gasteiger partial charge in [-0.2, -0.15) is 0 Å². The Balaban J connectivity index is 1.80. The first-order valence-corrected chi connectivity index (χ1v) is 8.59. The monoisotopic (exact) mass is 330 g/mol. The Hall–Kier alpha value is -1.60. The second-order valence-electron chi connectivity index (χ2n) is 4.90. The largest absolute Gasteiger partial charge is 0.352 e. The molecule has 1 aliphatic rings. The Bertz CT molecular complexity index is 643. The number of sulfone groups is 1. The minimum absolute atomic E-state index is 0.0580. The minimum atomic E-state index is -3.05. The molecular formula is C13H15ClN2O4S. The lowest BCUT2D eigenvalue weighted by molar-refractivity contribution is -0.127. The van der Waals surface area contributed by atoms with Gasteiger partial charge in [-0.25, -0.2) is 8.42 Å². The maximum absolute atomic E-state index is 11.7. The van der Waals surface area contributed by atoms with Crippen LogP contribution in [0.15, 0.2) is 24.3 Å². The quantitative estimate of drug-likeness (QED) is 0.805. The lowest BCUT2D eigenvalue weighted by atomic mass is 10.2. The zero-order valence-corrected chi connectivity index (χ0v) is 12.7. The molecule has 1 unspecified atom stereocenters. The molecule has 21 heavy (non-hydrogen) atoms. The molecule has 1 aliphatic heterocycles. The molecule has 0 spiro atoms. The molecule has 6 nitrogen and oxygen atoms in total. The Morgan fingerprint density at radius 3 is 2.43 bits per heavy atom. The molecule has 8 heteroatoms. The van der Waals surface area contributed by atoms with Crippen molar-refractivity contribution in [2.24, 2.45) is 0 Å². The lowest BCUT2D eigenvalue weighted by Crippen LogP contribution is -2.37. The number of hydrogen-bond donors (Lipinski definition) is 2. The van der Waals surface area contributed by atoms with Gasteiger partial charge < -0.3 is 10.6 Å². The zero-order valence-electron chi connectivity index (χ0n) is 11.1. The SMILES string of the molecule is O=C(CC(=O)NC1CCS(=O)(=O)C1)Nc1ccc(Cl)cc1. The summed E-state index contributed by atoms with van der Waals surface area (Å²) in [5, 5.41) is 5.67. The van der Waals surface area contributed by atoms with Crippen molar-refractivity contribution >= 4 is 38.9 Å². The first-order valence-electron chi connectivity index (χ1n) is 6.39. The molecular weight excluding hydrogens is 316 g/mol. The summed E-state index contributed by atoms with van der Waals surface area (Å²) in [5.41, 5.74) is 0.542. The number of carbonyl (C=O) groups excluding carboxylic acids is 2. The number of halogens is 1. The lowest BCUT2D eigenvalue weighted by Gasteiger charge is -2.10. The number of nitrogens with one attached hydrogen (secondary N) is 2. The summed E-state index contributed by atoms with van der Waals surface area (Å²) in [6.07, 6.45) is 0.0477. The number of rotatable bonds is 4. The highest BCUT2D eigenvalue weighted by atomic mass is 35.5. The number of anilines is 1. The van der Waals surface area contributed by atoms with E-state index in [1.165, 1.54) is 0 Å². The van der Waals surface area contributed by atoms with Gasteiger partial charge in [0.2, 0.25) is 11.8 Å². The third-order valence-electron chi connectivity index (χ3n) is 3.05. The average molecular weight is 331 g/mol. The fourth-order valence-electron chi connectivity index (χ4n) is 2.07. The standard InChI is InChI=1S/C13H15ClN2O4S/c14-9-1-3-10(4-2-9)15-12(17)7-13(18)16-11-5-6-21(19,20)8-11/h1-4,11H,5-8H2,(H,15,17)(H,16,18). The highest BCUT2D eigenvalue weighted by Gasteiger charge is 2.29. The van der Waals surface area contributed by atoms with E-state index < -0.39 is 27.7 Å². The molecule has 0 bridgehead atoms. The Labute approximate surface area is 127 Å². The molecule has 0 aromatic heterocycles. The number of hydrogen-bond acceptors (Lipinski definition) is 4. The van der Waals surface area contributed by atoms with E-state index in [0.29, 0.717) is 17.1 Å². The van der Waals surface area contributed by atoms with Crippen molar-refractivity contribution in [3.63, 3.8) is 0 Å².